The van der Waals surface area contributed by atoms with Crippen LogP contribution >= 0.6 is 0 Å². The Labute approximate surface area is 268 Å². The highest BCUT2D eigenvalue weighted by atomic mass is 19.1. The predicted molar refractivity (Wildman–Crippen MR) is 165 cm³/mol. The molecular weight excluding hydrogens is 603 g/mol. The van der Waals surface area contributed by atoms with E-state index in [1.165, 1.54) is 12.1 Å². The molecular formula is C33H45FN2O10. The van der Waals surface area contributed by atoms with E-state index in [2.05, 4.69) is 4.90 Å². The third kappa shape index (κ3) is 12.3. The number of aliphatic hydroxyl groups is 2. The lowest BCUT2D eigenvalue weighted by Crippen LogP contribution is -2.48. The Hall–Kier alpha value is -3.62. The van der Waals surface area contributed by atoms with Crippen molar-refractivity contribution < 1.29 is 53.4 Å². The van der Waals surface area contributed by atoms with Gasteiger partial charge in [-0.25, -0.2) is 14.0 Å². The van der Waals surface area contributed by atoms with Crippen molar-refractivity contribution >= 4 is 17.8 Å². The van der Waals surface area contributed by atoms with Crippen molar-refractivity contribution in [1.82, 2.24) is 9.80 Å². The van der Waals surface area contributed by atoms with Crippen LogP contribution < -0.4 is 4.74 Å². The first-order valence-electron chi connectivity index (χ1n) is 15.5. The summed E-state index contributed by atoms with van der Waals surface area (Å²) in [5.74, 6) is -2.90. The molecule has 0 aromatic heterocycles. The quantitative estimate of drug-likeness (QED) is 0.252. The molecule has 2 heterocycles. The average Bonchev–Trinajstić information content (AvgIpc) is 3.04. The van der Waals surface area contributed by atoms with Crippen LogP contribution in [-0.2, 0) is 36.8 Å². The first kappa shape index (κ1) is 36.8. The molecule has 0 radical (unpaired) electrons. The average molecular weight is 649 g/mol. The van der Waals surface area contributed by atoms with Gasteiger partial charge in [0.15, 0.2) is 18.5 Å². The summed E-state index contributed by atoms with van der Waals surface area (Å²) < 4.78 is 30.6. The number of halogens is 1. The van der Waals surface area contributed by atoms with E-state index in [0.29, 0.717) is 13.0 Å². The van der Waals surface area contributed by atoms with Gasteiger partial charge in [-0.1, -0.05) is 24.3 Å². The number of piperidine rings is 1. The van der Waals surface area contributed by atoms with Crippen LogP contribution in [0.25, 0.3) is 0 Å². The van der Waals surface area contributed by atoms with Gasteiger partial charge in [0, 0.05) is 38.6 Å². The molecule has 0 bridgehead atoms. The van der Waals surface area contributed by atoms with E-state index in [1.54, 1.807) is 12.1 Å². The second-order valence-corrected chi connectivity index (χ2v) is 11.6. The van der Waals surface area contributed by atoms with Gasteiger partial charge in [0.05, 0.1) is 25.7 Å². The van der Waals surface area contributed by atoms with E-state index in [0.717, 1.165) is 75.4 Å². The summed E-state index contributed by atoms with van der Waals surface area (Å²) in [6, 6.07) is 14.4. The summed E-state index contributed by atoms with van der Waals surface area (Å²) in [5.41, 5.74) is 1.91. The number of amides is 1. The second kappa shape index (κ2) is 18.5. The zero-order valence-corrected chi connectivity index (χ0v) is 26.3. The van der Waals surface area contributed by atoms with Crippen molar-refractivity contribution in [2.24, 2.45) is 0 Å². The van der Waals surface area contributed by atoms with Crippen LogP contribution in [0.4, 0.5) is 4.39 Å². The van der Waals surface area contributed by atoms with Crippen molar-refractivity contribution in [2.75, 3.05) is 32.8 Å². The number of benzene rings is 2. The molecule has 46 heavy (non-hydrogen) atoms. The Morgan fingerprint density at radius 2 is 1.46 bits per heavy atom. The predicted octanol–water partition coefficient (Wildman–Crippen LogP) is 2.68. The minimum absolute atomic E-state index is 0.0923. The molecule has 0 spiro atoms. The molecule has 2 aromatic rings. The highest BCUT2D eigenvalue weighted by Gasteiger charge is 2.30. The standard InChI is InChI=1S/C29H39FN2O4.C4H6O6/c1-22(2)36-27-10-6-23(7-11-27)20-28(33)32(21-24-4-8-25(30)9-5-24)26-12-15-31(16-13-26)17-14-29-34-18-3-19-35-29;5-1(3(7)8)2(6)4(9)10/h4-11,22,26,29H,3,12-21H2,1-2H3;1-2,5-6H,(H,7,8)(H,9,10). The summed E-state index contributed by atoms with van der Waals surface area (Å²) >= 11 is 0. The highest BCUT2D eigenvalue weighted by molar-refractivity contribution is 5.83. The van der Waals surface area contributed by atoms with Crippen molar-refractivity contribution in [3.8, 4) is 5.75 Å². The molecule has 2 fully saturated rings. The van der Waals surface area contributed by atoms with Crippen molar-refractivity contribution in [2.45, 2.75) is 83.1 Å². The number of ether oxygens (including phenoxy) is 3. The Balaban J connectivity index is 0.000000498. The fraction of sp³-hybridized carbons (Fsp3) is 0.545. The molecule has 2 aromatic carbocycles. The Morgan fingerprint density at radius 3 is 1.98 bits per heavy atom. The number of aliphatic hydroxyl groups excluding tert-OH is 2. The normalized spacial score (nSPS) is 17.4. The highest BCUT2D eigenvalue weighted by Crippen LogP contribution is 2.23. The van der Waals surface area contributed by atoms with Crippen molar-refractivity contribution in [3.05, 3.63) is 65.5 Å². The van der Waals surface area contributed by atoms with E-state index in [4.69, 9.17) is 34.6 Å². The molecule has 2 saturated heterocycles. The lowest BCUT2D eigenvalue weighted by molar-refractivity contribution is -0.183. The van der Waals surface area contributed by atoms with Crippen molar-refractivity contribution in [3.63, 3.8) is 0 Å². The molecule has 2 aliphatic rings. The summed E-state index contributed by atoms with van der Waals surface area (Å²) in [6.45, 7) is 8.84. The molecule has 0 saturated carbocycles. The summed E-state index contributed by atoms with van der Waals surface area (Å²) in [5, 5.41) is 32.5. The number of carbonyl (C=O) groups excluding carboxylic acids is 1. The SMILES string of the molecule is CC(C)Oc1ccc(CC(=O)N(Cc2ccc(F)cc2)C2CCN(CCC3OCCCO3)CC2)cc1.O=C(O)C(O)C(O)C(=O)O. The lowest BCUT2D eigenvalue weighted by Gasteiger charge is -2.39. The van der Waals surface area contributed by atoms with Crippen molar-refractivity contribution in [1.29, 1.82) is 0 Å². The van der Waals surface area contributed by atoms with Crippen LogP contribution in [0.3, 0.4) is 0 Å². The van der Waals surface area contributed by atoms with Gasteiger partial charge in [-0.15, -0.1) is 0 Å². The van der Waals surface area contributed by atoms with Gasteiger partial charge < -0.3 is 44.4 Å². The number of hydrogen-bond donors (Lipinski definition) is 4. The fourth-order valence-electron chi connectivity index (χ4n) is 5.16. The number of nitrogens with zero attached hydrogens (tertiary/aromatic N) is 2. The molecule has 0 aliphatic carbocycles. The zero-order valence-electron chi connectivity index (χ0n) is 26.3. The molecule has 4 rings (SSSR count). The Kier molecular flexibility index (Phi) is 14.8. The number of carboxylic acids is 2. The summed E-state index contributed by atoms with van der Waals surface area (Å²) in [6.07, 6.45) is -0.506. The van der Waals surface area contributed by atoms with E-state index in [-0.39, 0.29) is 30.2 Å². The molecule has 2 aliphatic heterocycles. The number of carbonyl (C=O) groups is 3. The second-order valence-electron chi connectivity index (χ2n) is 11.6. The maximum atomic E-state index is 13.5. The third-order valence-electron chi connectivity index (χ3n) is 7.62. The molecule has 2 atom stereocenters. The zero-order chi connectivity index (χ0) is 33.6. The third-order valence-corrected chi connectivity index (χ3v) is 7.62. The first-order chi connectivity index (χ1) is 21.9. The van der Waals surface area contributed by atoms with E-state index in [1.807, 2.05) is 43.0 Å². The van der Waals surface area contributed by atoms with Gasteiger partial charge in [0.1, 0.15) is 11.6 Å². The fourth-order valence-corrected chi connectivity index (χ4v) is 5.16. The lowest BCUT2D eigenvalue weighted by atomic mass is 10.0. The van der Waals surface area contributed by atoms with E-state index >= 15 is 0 Å². The molecule has 4 N–H and O–H groups in total. The number of hydrogen-bond acceptors (Lipinski definition) is 9. The van der Waals surface area contributed by atoms with Gasteiger partial charge in [-0.05, 0) is 68.5 Å². The molecule has 12 nitrogen and oxygen atoms in total. The smallest absolute Gasteiger partial charge is 0.335 e. The van der Waals surface area contributed by atoms with Gasteiger partial charge in [0.2, 0.25) is 5.91 Å². The summed E-state index contributed by atoms with van der Waals surface area (Å²) in [7, 11) is 0. The molecule has 1 amide bonds. The van der Waals surface area contributed by atoms with Gasteiger partial charge >= 0.3 is 11.9 Å². The van der Waals surface area contributed by atoms with Crippen LogP contribution in [0, 0.1) is 5.82 Å². The first-order valence-corrected chi connectivity index (χ1v) is 15.5. The van der Waals surface area contributed by atoms with Crippen LogP contribution in [-0.4, -0.2) is 112 Å². The minimum atomic E-state index is -2.27. The largest absolute Gasteiger partial charge is 0.491 e. The molecule has 13 heteroatoms. The van der Waals surface area contributed by atoms with Gasteiger partial charge in [0.25, 0.3) is 0 Å². The van der Waals surface area contributed by atoms with Crippen LogP contribution in [0.2, 0.25) is 0 Å². The van der Waals surface area contributed by atoms with E-state index < -0.39 is 24.1 Å². The molecule has 254 valence electrons. The number of likely N-dealkylation sites (tertiary alicyclic amines) is 1. The Bertz CT molecular complexity index is 1210. The van der Waals surface area contributed by atoms with Crippen LogP contribution in [0.15, 0.2) is 48.5 Å². The maximum Gasteiger partial charge on any atom is 0.335 e. The van der Waals surface area contributed by atoms with Crippen LogP contribution in [0.1, 0.15) is 50.7 Å². The Morgan fingerprint density at radius 1 is 0.913 bits per heavy atom. The topological polar surface area (TPSA) is 166 Å². The maximum absolute atomic E-state index is 13.5. The van der Waals surface area contributed by atoms with Gasteiger partial charge in [-0.2, -0.15) is 0 Å². The number of carboxylic acid groups (broad SMARTS) is 2. The summed E-state index contributed by atoms with van der Waals surface area (Å²) in [4.78, 5) is 37.5. The number of rotatable bonds is 13. The number of aliphatic carboxylic acids is 2. The van der Waals surface area contributed by atoms with Crippen LogP contribution in [0.5, 0.6) is 5.75 Å². The monoisotopic (exact) mass is 648 g/mol. The van der Waals surface area contributed by atoms with Gasteiger partial charge in [-0.3, -0.25) is 4.79 Å². The molecule has 2 unspecified atom stereocenters. The minimum Gasteiger partial charge on any atom is -0.491 e. The van der Waals surface area contributed by atoms with E-state index in [9.17, 15) is 18.8 Å².